The molecule has 2 aliphatic heterocycles. The lowest BCUT2D eigenvalue weighted by molar-refractivity contribution is 0.0154. The summed E-state index contributed by atoms with van der Waals surface area (Å²) in [6, 6.07) is 10.8. The number of pyridine rings is 2. The molecule has 0 aliphatic carbocycles. The SMILES string of the molecule is CN(C)Cc1nc(Nc2ccc(-c3cnc4cc(F)ccn34)c3c2C(=O)N(C)C3)ccc1[C@@]1(C)CCCO1. The second kappa shape index (κ2) is 9.18. The molecule has 0 radical (unpaired) electrons. The first-order valence-electron chi connectivity index (χ1n) is 12.8. The minimum Gasteiger partial charge on any atom is -0.371 e. The molecule has 3 aromatic heterocycles. The normalized spacial score (nSPS) is 19.1. The number of rotatable bonds is 6. The van der Waals surface area contributed by atoms with E-state index in [-0.39, 0.29) is 17.3 Å². The average molecular weight is 515 g/mol. The molecule has 1 aromatic carbocycles. The Morgan fingerprint density at radius 2 is 2.05 bits per heavy atom. The van der Waals surface area contributed by atoms with Gasteiger partial charge >= 0.3 is 0 Å². The fourth-order valence-corrected chi connectivity index (χ4v) is 5.66. The van der Waals surface area contributed by atoms with Crippen molar-refractivity contribution in [1.29, 1.82) is 0 Å². The van der Waals surface area contributed by atoms with Crippen LogP contribution in [-0.2, 0) is 23.4 Å². The van der Waals surface area contributed by atoms with E-state index >= 15 is 0 Å². The topological polar surface area (TPSA) is 75.0 Å². The first kappa shape index (κ1) is 24.5. The van der Waals surface area contributed by atoms with Crippen molar-refractivity contribution in [1.82, 2.24) is 24.2 Å². The van der Waals surface area contributed by atoms with Crippen molar-refractivity contribution in [3.05, 3.63) is 77.0 Å². The van der Waals surface area contributed by atoms with Gasteiger partial charge in [-0.1, -0.05) is 12.1 Å². The monoisotopic (exact) mass is 514 g/mol. The Morgan fingerprint density at radius 3 is 2.82 bits per heavy atom. The number of amides is 1. The Bertz CT molecular complexity index is 1560. The molecule has 0 unspecified atom stereocenters. The number of ether oxygens (including phenoxy) is 1. The minimum atomic E-state index is -0.338. The number of carbonyl (C=O) groups is 1. The van der Waals surface area contributed by atoms with E-state index in [1.165, 1.54) is 12.1 Å². The van der Waals surface area contributed by atoms with Crippen LogP contribution in [0.2, 0.25) is 0 Å². The van der Waals surface area contributed by atoms with Crippen molar-refractivity contribution in [3.63, 3.8) is 0 Å². The second-order valence-corrected chi connectivity index (χ2v) is 10.6. The van der Waals surface area contributed by atoms with E-state index in [2.05, 4.69) is 28.2 Å². The molecule has 6 rings (SSSR count). The Balaban J connectivity index is 1.41. The summed E-state index contributed by atoms with van der Waals surface area (Å²) in [5, 5.41) is 3.43. The molecule has 4 aromatic rings. The highest BCUT2D eigenvalue weighted by atomic mass is 19.1. The zero-order valence-electron chi connectivity index (χ0n) is 22.1. The number of halogens is 1. The van der Waals surface area contributed by atoms with Crippen LogP contribution in [0.4, 0.5) is 15.9 Å². The molecule has 196 valence electrons. The zero-order valence-corrected chi connectivity index (χ0v) is 22.1. The maximum atomic E-state index is 13.7. The molecule has 1 saturated heterocycles. The van der Waals surface area contributed by atoms with Gasteiger partial charge in [-0.2, -0.15) is 0 Å². The van der Waals surface area contributed by atoms with E-state index in [0.717, 1.165) is 47.5 Å². The van der Waals surface area contributed by atoms with E-state index in [4.69, 9.17) is 9.72 Å². The van der Waals surface area contributed by atoms with Gasteiger partial charge in [0.05, 0.1) is 34.4 Å². The third-order valence-corrected chi connectivity index (χ3v) is 7.51. The summed E-state index contributed by atoms with van der Waals surface area (Å²) in [5.41, 5.74) is 6.18. The van der Waals surface area contributed by atoms with Gasteiger partial charge in [-0.25, -0.2) is 14.4 Å². The van der Waals surface area contributed by atoms with Crippen molar-refractivity contribution >= 4 is 23.1 Å². The highest BCUT2D eigenvalue weighted by Crippen LogP contribution is 2.40. The van der Waals surface area contributed by atoms with Crippen molar-refractivity contribution < 1.29 is 13.9 Å². The van der Waals surface area contributed by atoms with Crippen LogP contribution >= 0.6 is 0 Å². The molecule has 1 N–H and O–H groups in total. The van der Waals surface area contributed by atoms with Gasteiger partial charge in [0.2, 0.25) is 0 Å². The molecular formula is C29H31FN6O2. The summed E-state index contributed by atoms with van der Waals surface area (Å²) in [6.45, 7) is 4.05. The Hall–Kier alpha value is -3.82. The smallest absolute Gasteiger partial charge is 0.256 e. The van der Waals surface area contributed by atoms with E-state index in [1.807, 2.05) is 36.7 Å². The van der Waals surface area contributed by atoms with Crippen LogP contribution in [0, 0.1) is 5.82 Å². The molecule has 2 aliphatic rings. The number of nitrogens with one attached hydrogen (secondary N) is 1. The van der Waals surface area contributed by atoms with E-state index < -0.39 is 0 Å². The number of aromatic nitrogens is 3. The number of carbonyl (C=O) groups excluding carboxylic acids is 1. The van der Waals surface area contributed by atoms with Crippen LogP contribution < -0.4 is 5.32 Å². The van der Waals surface area contributed by atoms with Crippen LogP contribution in [0.15, 0.2) is 48.8 Å². The maximum Gasteiger partial charge on any atom is 0.256 e. The largest absolute Gasteiger partial charge is 0.371 e. The van der Waals surface area contributed by atoms with Crippen molar-refractivity contribution in [2.75, 3.05) is 33.1 Å². The maximum absolute atomic E-state index is 13.7. The van der Waals surface area contributed by atoms with Gasteiger partial charge in [0.1, 0.15) is 17.3 Å². The summed E-state index contributed by atoms with van der Waals surface area (Å²) >= 11 is 0. The molecule has 0 spiro atoms. The van der Waals surface area contributed by atoms with Gasteiger partial charge < -0.3 is 19.9 Å². The fourth-order valence-electron chi connectivity index (χ4n) is 5.66. The molecule has 0 bridgehead atoms. The van der Waals surface area contributed by atoms with Gasteiger partial charge in [0, 0.05) is 50.1 Å². The fraction of sp³-hybridized carbons (Fsp3) is 0.345. The highest BCUT2D eigenvalue weighted by molar-refractivity contribution is 6.06. The first-order valence-corrected chi connectivity index (χ1v) is 12.8. The summed E-state index contributed by atoms with van der Waals surface area (Å²) in [5.74, 6) is 0.283. The third kappa shape index (κ3) is 4.12. The lowest BCUT2D eigenvalue weighted by Crippen LogP contribution is -2.25. The molecule has 1 atom stereocenters. The Kier molecular flexibility index (Phi) is 5.92. The predicted molar refractivity (Wildman–Crippen MR) is 144 cm³/mol. The van der Waals surface area contributed by atoms with Crippen LogP contribution in [-0.4, -0.2) is 57.8 Å². The zero-order chi connectivity index (χ0) is 26.6. The number of anilines is 2. The molecule has 8 nitrogen and oxygen atoms in total. The van der Waals surface area contributed by atoms with Crippen LogP contribution in [0.1, 0.15) is 46.9 Å². The predicted octanol–water partition coefficient (Wildman–Crippen LogP) is 4.95. The van der Waals surface area contributed by atoms with E-state index in [0.29, 0.717) is 35.8 Å². The molecule has 5 heterocycles. The van der Waals surface area contributed by atoms with Crippen LogP contribution in [0.3, 0.4) is 0 Å². The summed E-state index contributed by atoms with van der Waals surface area (Å²) in [6.07, 6.45) is 5.39. The average Bonchev–Trinajstić information content (AvgIpc) is 3.57. The molecule has 1 fully saturated rings. The lowest BCUT2D eigenvalue weighted by Gasteiger charge is -2.27. The van der Waals surface area contributed by atoms with Gasteiger partial charge in [0.15, 0.2) is 0 Å². The van der Waals surface area contributed by atoms with E-state index in [9.17, 15) is 9.18 Å². The number of hydrogen-bond donors (Lipinski definition) is 1. The van der Waals surface area contributed by atoms with Gasteiger partial charge in [-0.3, -0.25) is 9.20 Å². The van der Waals surface area contributed by atoms with Crippen molar-refractivity contribution in [2.24, 2.45) is 0 Å². The molecule has 1 amide bonds. The summed E-state index contributed by atoms with van der Waals surface area (Å²) in [7, 11) is 5.85. The number of hydrogen-bond acceptors (Lipinski definition) is 6. The van der Waals surface area contributed by atoms with E-state index in [1.54, 1.807) is 24.3 Å². The van der Waals surface area contributed by atoms with Crippen molar-refractivity contribution in [2.45, 2.75) is 38.5 Å². The molecule has 38 heavy (non-hydrogen) atoms. The minimum absolute atomic E-state index is 0.0544. The highest BCUT2D eigenvalue weighted by Gasteiger charge is 2.35. The first-order chi connectivity index (χ1) is 18.2. The Morgan fingerprint density at radius 1 is 1.21 bits per heavy atom. The third-order valence-electron chi connectivity index (χ3n) is 7.51. The molecule has 0 saturated carbocycles. The summed E-state index contributed by atoms with van der Waals surface area (Å²) < 4.78 is 21.7. The van der Waals surface area contributed by atoms with Crippen LogP contribution in [0.5, 0.6) is 0 Å². The standard InChI is InChI=1S/C29H31FN6O2/c1-29(11-5-13-38-29)21-7-9-25(33-23(21)17-34(2)3)32-22-8-6-19(20-16-35(4)28(37)27(20)22)24-15-31-26-14-18(30)10-12-36(24)26/h6-10,12,14-15H,5,11,13,16-17H2,1-4H3,(H,32,33)/t29-/m1/s1. The summed E-state index contributed by atoms with van der Waals surface area (Å²) in [4.78, 5) is 26.4. The number of benzene rings is 1. The van der Waals surface area contributed by atoms with Gasteiger partial charge in [-0.15, -0.1) is 0 Å². The number of imidazole rings is 1. The quantitative estimate of drug-likeness (QED) is 0.392. The van der Waals surface area contributed by atoms with Gasteiger partial charge in [0.25, 0.3) is 5.91 Å². The van der Waals surface area contributed by atoms with Crippen LogP contribution in [0.25, 0.3) is 16.9 Å². The molecule has 9 heteroatoms. The number of fused-ring (bicyclic) bond motifs is 2. The second-order valence-electron chi connectivity index (χ2n) is 10.6. The number of nitrogens with zero attached hydrogens (tertiary/aromatic N) is 5. The van der Waals surface area contributed by atoms with Crippen molar-refractivity contribution in [3.8, 4) is 11.3 Å². The lowest BCUT2D eigenvalue weighted by atomic mass is 9.91. The van der Waals surface area contributed by atoms with Gasteiger partial charge in [-0.05, 0) is 57.6 Å². The molecular weight excluding hydrogens is 483 g/mol. The Labute approximate surface area is 221 Å².